The SMILES string of the molecule is COc1nc(-c2ccc(N3C(=O)CC34c3ccccc3-c3nc5ccc(Cl)cc5nc34)cc2)cc(-c2ccc(C)cc2)c1C#N. The number of anilines is 1. The van der Waals surface area contributed by atoms with Gasteiger partial charge in [0.1, 0.15) is 17.2 Å². The molecule has 0 radical (unpaired) electrons. The van der Waals surface area contributed by atoms with E-state index in [4.69, 9.17) is 26.3 Å². The molecule has 216 valence electrons. The van der Waals surface area contributed by atoms with Gasteiger partial charge in [0.05, 0.1) is 41.6 Å². The molecule has 4 aromatic carbocycles. The number of nitriles is 1. The summed E-state index contributed by atoms with van der Waals surface area (Å²) >= 11 is 6.32. The molecule has 0 saturated carbocycles. The summed E-state index contributed by atoms with van der Waals surface area (Å²) in [5.74, 6) is 0.259. The Morgan fingerprint density at radius 1 is 0.867 bits per heavy atom. The number of pyridine rings is 1. The third kappa shape index (κ3) is 3.96. The van der Waals surface area contributed by atoms with Crippen LogP contribution in [0.3, 0.4) is 0 Å². The van der Waals surface area contributed by atoms with E-state index in [0.29, 0.717) is 21.8 Å². The molecule has 0 bridgehead atoms. The van der Waals surface area contributed by atoms with Crippen molar-refractivity contribution in [2.24, 2.45) is 0 Å². The van der Waals surface area contributed by atoms with Crippen LogP contribution in [-0.4, -0.2) is 28.0 Å². The van der Waals surface area contributed by atoms with Gasteiger partial charge >= 0.3 is 0 Å². The first-order valence-corrected chi connectivity index (χ1v) is 14.9. The normalized spacial score (nSPS) is 16.3. The van der Waals surface area contributed by atoms with Gasteiger partial charge in [-0.3, -0.25) is 9.69 Å². The second-order valence-electron chi connectivity index (χ2n) is 11.3. The zero-order valence-electron chi connectivity index (χ0n) is 24.4. The summed E-state index contributed by atoms with van der Waals surface area (Å²) in [7, 11) is 1.52. The van der Waals surface area contributed by atoms with Crippen LogP contribution in [0, 0.1) is 18.3 Å². The summed E-state index contributed by atoms with van der Waals surface area (Å²) in [6.07, 6.45) is 0.286. The Kier molecular flexibility index (Phi) is 5.99. The Labute approximate surface area is 264 Å². The first-order valence-electron chi connectivity index (χ1n) is 14.5. The number of carbonyl (C=O) groups is 1. The van der Waals surface area contributed by atoms with Crippen molar-refractivity contribution in [1.29, 1.82) is 5.26 Å². The standard InChI is InChI=1S/C37H24ClN5O2/c1-21-7-9-22(10-8-21)27-18-31(42-36(45-2)28(27)20-39)23-11-14-25(15-12-23)43-33(44)19-37(43)29-6-4-3-5-26(29)34-35(37)41-32-17-24(38)13-16-30(32)40-34/h3-18H,19H2,1-2H3. The smallest absolute Gasteiger partial charge is 0.232 e. The van der Waals surface area contributed by atoms with Gasteiger partial charge in [-0.05, 0) is 54.4 Å². The number of ether oxygens (including phenoxy) is 1. The van der Waals surface area contributed by atoms with Crippen molar-refractivity contribution >= 4 is 34.2 Å². The molecule has 2 aliphatic rings. The van der Waals surface area contributed by atoms with Crippen LogP contribution in [-0.2, 0) is 10.3 Å². The molecular formula is C37H24ClN5O2. The van der Waals surface area contributed by atoms with E-state index in [9.17, 15) is 10.1 Å². The molecule has 1 fully saturated rings. The van der Waals surface area contributed by atoms with Crippen LogP contribution >= 0.6 is 11.6 Å². The fraction of sp³-hybridized carbons (Fsp3) is 0.108. The summed E-state index contributed by atoms with van der Waals surface area (Å²) in [6.45, 7) is 2.02. The fourth-order valence-electron chi connectivity index (χ4n) is 6.62. The van der Waals surface area contributed by atoms with E-state index < -0.39 is 5.54 Å². The molecule has 1 atom stereocenters. The van der Waals surface area contributed by atoms with E-state index in [1.807, 2.05) is 103 Å². The van der Waals surface area contributed by atoms with Gasteiger partial charge in [-0.2, -0.15) is 5.26 Å². The predicted molar refractivity (Wildman–Crippen MR) is 174 cm³/mol. The number of carbonyl (C=O) groups excluding carboxylic acids is 1. The Morgan fingerprint density at radius 3 is 2.36 bits per heavy atom. The zero-order chi connectivity index (χ0) is 30.9. The Hall–Kier alpha value is -5.58. The lowest BCUT2D eigenvalue weighted by Crippen LogP contribution is -2.61. The summed E-state index contributed by atoms with van der Waals surface area (Å²) in [5, 5.41) is 10.5. The lowest BCUT2D eigenvalue weighted by atomic mass is 9.77. The average molecular weight is 606 g/mol. The highest BCUT2D eigenvalue weighted by molar-refractivity contribution is 6.31. The van der Waals surface area contributed by atoms with Gasteiger partial charge in [-0.25, -0.2) is 15.0 Å². The maximum Gasteiger partial charge on any atom is 0.232 e. The number of rotatable bonds is 4. The highest BCUT2D eigenvalue weighted by Gasteiger charge is 2.60. The van der Waals surface area contributed by atoms with E-state index in [-0.39, 0.29) is 18.2 Å². The molecule has 8 heteroatoms. The molecule has 1 amide bonds. The number of methoxy groups -OCH3 is 1. The van der Waals surface area contributed by atoms with Crippen molar-refractivity contribution in [2.45, 2.75) is 18.9 Å². The molecule has 1 aliphatic carbocycles. The van der Waals surface area contributed by atoms with Crippen LogP contribution in [0.5, 0.6) is 5.88 Å². The number of amides is 1. The molecule has 2 aromatic heterocycles. The number of halogens is 1. The maximum absolute atomic E-state index is 13.5. The van der Waals surface area contributed by atoms with Crippen LogP contribution in [0.25, 0.3) is 44.7 Å². The monoisotopic (exact) mass is 605 g/mol. The molecular weight excluding hydrogens is 582 g/mol. The van der Waals surface area contributed by atoms with Crippen molar-refractivity contribution in [3.63, 3.8) is 0 Å². The van der Waals surface area contributed by atoms with E-state index >= 15 is 0 Å². The van der Waals surface area contributed by atoms with Crippen LogP contribution in [0.4, 0.5) is 5.69 Å². The third-order valence-corrected chi connectivity index (χ3v) is 8.99. The third-order valence-electron chi connectivity index (χ3n) is 8.76. The molecule has 1 spiro atoms. The number of nitrogens with zero attached hydrogens (tertiary/aromatic N) is 5. The number of fused-ring (bicyclic) bond motifs is 6. The van der Waals surface area contributed by atoms with E-state index in [1.165, 1.54) is 7.11 Å². The van der Waals surface area contributed by atoms with Gasteiger partial charge in [0.25, 0.3) is 0 Å². The Balaban J connectivity index is 1.23. The summed E-state index contributed by atoms with van der Waals surface area (Å²) in [6, 6.07) is 33.5. The van der Waals surface area contributed by atoms with Crippen LogP contribution in [0.15, 0.2) is 97.1 Å². The van der Waals surface area contributed by atoms with E-state index in [1.54, 1.807) is 0 Å². The zero-order valence-corrected chi connectivity index (χ0v) is 25.1. The second-order valence-corrected chi connectivity index (χ2v) is 11.8. The first-order chi connectivity index (χ1) is 21.9. The summed E-state index contributed by atoms with van der Waals surface area (Å²) < 4.78 is 5.55. The molecule has 3 heterocycles. The first kappa shape index (κ1) is 27.0. The summed E-state index contributed by atoms with van der Waals surface area (Å²) in [4.78, 5) is 30.0. The van der Waals surface area contributed by atoms with Crippen molar-refractivity contribution in [3.05, 3.63) is 124 Å². The number of aromatic nitrogens is 3. The lowest BCUT2D eigenvalue weighted by Gasteiger charge is -2.50. The van der Waals surface area contributed by atoms with Gasteiger partial charge in [0, 0.05) is 27.4 Å². The molecule has 6 aromatic rings. The minimum atomic E-state index is -0.775. The van der Waals surface area contributed by atoms with Crippen molar-refractivity contribution < 1.29 is 9.53 Å². The van der Waals surface area contributed by atoms with E-state index in [0.717, 1.165) is 56.0 Å². The number of aryl methyl sites for hydroxylation is 1. The molecule has 1 saturated heterocycles. The Morgan fingerprint density at radius 2 is 1.62 bits per heavy atom. The highest BCUT2D eigenvalue weighted by Crippen LogP contribution is 2.57. The topological polar surface area (TPSA) is 92.0 Å². The maximum atomic E-state index is 13.5. The highest BCUT2D eigenvalue weighted by atomic mass is 35.5. The van der Waals surface area contributed by atoms with Crippen molar-refractivity contribution in [3.8, 4) is 45.6 Å². The predicted octanol–water partition coefficient (Wildman–Crippen LogP) is 7.86. The minimum Gasteiger partial charge on any atom is -0.480 e. The van der Waals surface area contributed by atoms with Gasteiger partial charge in [-0.1, -0.05) is 77.8 Å². The van der Waals surface area contributed by atoms with Crippen LogP contribution < -0.4 is 9.64 Å². The number of β-lactam (4-membered cyclic amide) rings is 1. The lowest BCUT2D eigenvalue weighted by molar-refractivity contribution is -0.126. The Bertz CT molecular complexity index is 2240. The van der Waals surface area contributed by atoms with Crippen LogP contribution in [0.2, 0.25) is 5.02 Å². The fourth-order valence-corrected chi connectivity index (χ4v) is 6.78. The molecule has 7 nitrogen and oxygen atoms in total. The number of benzene rings is 4. The minimum absolute atomic E-state index is 0.00165. The van der Waals surface area contributed by atoms with Crippen LogP contribution in [0.1, 0.15) is 28.8 Å². The van der Waals surface area contributed by atoms with Crippen molar-refractivity contribution in [1.82, 2.24) is 15.0 Å². The molecule has 45 heavy (non-hydrogen) atoms. The summed E-state index contributed by atoms with van der Waals surface area (Å²) in [5.41, 5.74) is 9.55. The largest absolute Gasteiger partial charge is 0.480 e. The van der Waals surface area contributed by atoms with E-state index in [2.05, 4.69) is 17.1 Å². The molecule has 0 N–H and O–H groups in total. The van der Waals surface area contributed by atoms with Crippen molar-refractivity contribution in [2.75, 3.05) is 12.0 Å². The molecule has 8 rings (SSSR count). The number of hydrogen-bond donors (Lipinski definition) is 0. The molecule has 1 aliphatic heterocycles. The molecule has 1 unspecified atom stereocenters. The quantitative estimate of drug-likeness (QED) is 0.190. The van der Waals surface area contributed by atoms with Gasteiger partial charge < -0.3 is 4.74 Å². The van der Waals surface area contributed by atoms with Gasteiger partial charge in [0.2, 0.25) is 11.8 Å². The average Bonchev–Trinajstić information content (AvgIpc) is 3.34. The number of hydrogen-bond acceptors (Lipinski definition) is 6. The van der Waals surface area contributed by atoms with Gasteiger partial charge in [0.15, 0.2) is 0 Å². The second kappa shape index (κ2) is 9.98. The van der Waals surface area contributed by atoms with Gasteiger partial charge in [-0.15, -0.1) is 0 Å².